The van der Waals surface area contributed by atoms with E-state index < -0.39 is 0 Å². The first-order valence-corrected chi connectivity index (χ1v) is 4.78. The van der Waals surface area contributed by atoms with Crippen LogP contribution in [0.1, 0.15) is 44.6 Å². The molecular weight excluding hydrogens is 162 g/mol. The topological polar surface area (TPSA) is 39.2 Å². The average molecular weight is 181 g/mol. The predicted molar refractivity (Wildman–Crippen MR) is 54.4 cm³/mol. The summed E-state index contributed by atoms with van der Waals surface area (Å²) in [5.74, 6) is 0.923. The van der Waals surface area contributed by atoms with Gasteiger partial charge in [0.15, 0.2) is 0 Å². The van der Waals surface area contributed by atoms with E-state index in [1.54, 1.807) is 6.26 Å². The monoisotopic (exact) mass is 181 g/mol. The molecule has 1 aromatic rings. The van der Waals surface area contributed by atoms with Crippen LogP contribution in [-0.4, -0.2) is 0 Å². The second-order valence-corrected chi connectivity index (χ2v) is 4.29. The van der Waals surface area contributed by atoms with Crippen molar-refractivity contribution in [3.8, 4) is 0 Å². The Kier molecular flexibility index (Phi) is 2.81. The van der Waals surface area contributed by atoms with Crippen LogP contribution in [0.2, 0.25) is 0 Å². The van der Waals surface area contributed by atoms with Gasteiger partial charge in [-0.15, -0.1) is 0 Å². The summed E-state index contributed by atoms with van der Waals surface area (Å²) in [5.41, 5.74) is 7.38. The Morgan fingerprint density at radius 3 is 2.54 bits per heavy atom. The normalized spacial score (nSPS) is 14.5. The third kappa shape index (κ3) is 1.94. The maximum absolute atomic E-state index is 6.13. The number of rotatable bonds is 3. The van der Waals surface area contributed by atoms with Gasteiger partial charge in [-0.2, -0.15) is 0 Å². The molecule has 1 rings (SSSR count). The van der Waals surface area contributed by atoms with Crippen LogP contribution >= 0.6 is 0 Å². The molecule has 0 spiro atoms. The Labute approximate surface area is 80.1 Å². The van der Waals surface area contributed by atoms with Crippen LogP contribution in [0.4, 0.5) is 0 Å². The molecule has 2 heteroatoms. The summed E-state index contributed by atoms with van der Waals surface area (Å²) in [5, 5.41) is 0. The highest BCUT2D eigenvalue weighted by molar-refractivity contribution is 5.19. The van der Waals surface area contributed by atoms with Gasteiger partial charge in [-0.3, -0.25) is 0 Å². The number of hydrogen-bond acceptors (Lipinski definition) is 2. The molecule has 0 amide bonds. The van der Waals surface area contributed by atoms with Crippen molar-refractivity contribution in [2.75, 3.05) is 0 Å². The minimum atomic E-state index is -0.00694. The fraction of sp³-hybridized carbons (Fsp3) is 0.636. The highest BCUT2D eigenvalue weighted by Crippen LogP contribution is 2.35. The third-order valence-corrected chi connectivity index (χ3v) is 2.94. The molecule has 0 aliphatic rings. The Morgan fingerprint density at radius 2 is 2.15 bits per heavy atom. The van der Waals surface area contributed by atoms with Gasteiger partial charge >= 0.3 is 0 Å². The largest absolute Gasteiger partial charge is 0.467 e. The summed E-state index contributed by atoms with van der Waals surface area (Å²) in [6, 6.07) is 1.95. The van der Waals surface area contributed by atoms with E-state index in [0.717, 1.165) is 17.7 Å². The molecule has 0 saturated heterocycles. The van der Waals surface area contributed by atoms with Gasteiger partial charge in [0, 0.05) is 0 Å². The Bertz CT molecular complexity index is 275. The minimum Gasteiger partial charge on any atom is -0.467 e. The highest BCUT2D eigenvalue weighted by Gasteiger charge is 2.28. The molecule has 0 aliphatic heterocycles. The smallest absolute Gasteiger partial charge is 0.123 e. The molecule has 0 radical (unpaired) electrons. The van der Waals surface area contributed by atoms with Gasteiger partial charge in [0.2, 0.25) is 0 Å². The molecule has 0 bridgehead atoms. The Balaban J connectivity index is 2.91. The molecular formula is C11H19NO. The third-order valence-electron chi connectivity index (χ3n) is 2.94. The Morgan fingerprint density at radius 1 is 1.54 bits per heavy atom. The van der Waals surface area contributed by atoms with Crippen molar-refractivity contribution < 1.29 is 4.42 Å². The maximum Gasteiger partial charge on any atom is 0.123 e. The molecule has 74 valence electrons. The van der Waals surface area contributed by atoms with Crippen LogP contribution in [0.5, 0.6) is 0 Å². The number of hydrogen-bond donors (Lipinski definition) is 1. The van der Waals surface area contributed by atoms with E-state index in [0.29, 0.717) is 0 Å². The van der Waals surface area contributed by atoms with E-state index in [4.69, 9.17) is 10.2 Å². The molecule has 0 aromatic carbocycles. The summed E-state index contributed by atoms with van der Waals surface area (Å²) < 4.78 is 5.39. The summed E-state index contributed by atoms with van der Waals surface area (Å²) in [6.45, 7) is 8.52. The van der Waals surface area contributed by atoms with Crippen molar-refractivity contribution in [2.24, 2.45) is 11.1 Å². The van der Waals surface area contributed by atoms with Crippen molar-refractivity contribution in [2.45, 2.75) is 40.2 Å². The lowest BCUT2D eigenvalue weighted by molar-refractivity contribution is 0.246. The van der Waals surface area contributed by atoms with Crippen LogP contribution < -0.4 is 5.73 Å². The fourth-order valence-corrected chi connectivity index (χ4v) is 1.28. The summed E-state index contributed by atoms with van der Waals surface area (Å²) in [7, 11) is 0. The average Bonchev–Trinajstić information content (AvgIpc) is 2.50. The van der Waals surface area contributed by atoms with Crippen molar-refractivity contribution in [3.63, 3.8) is 0 Å². The second kappa shape index (κ2) is 3.54. The van der Waals surface area contributed by atoms with Gasteiger partial charge < -0.3 is 10.2 Å². The fourth-order valence-electron chi connectivity index (χ4n) is 1.28. The van der Waals surface area contributed by atoms with E-state index in [1.165, 1.54) is 0 Å². The quantitative estimate of drug-likeness (QED) is 0.778. The van der Waals surface area contributed by atoms with Crippen molar-refractivity contribution in [1.29, 1.82) is 0 Å². The van der Waals surface area contributed by atoms with Crippen molar-refractivity contribution >= 4 is 0 Å². The lowest BCUT2D eigenvalue weighted by Crippen LogP contribution is -2.28. The van der Waals surface area contributed by atoms with Crippen LogP contribution in [0, 0.1) is 12.3 Å². The van der Waals surface area contributed by atoms with E-state index in [9.17, 15) is 0 Å². The zero-order chi connectivity index (χ0) is 10.1. The molecule has 1 aromatic heterocycles. The van der Waals surface area contributed by atoms with Crippen LogP contribution in [0.25, 0.3) is 0 Å². The van der Waals surface area contributed by atoms with Crippen LogP contribution in [-0.2, 0) is 0 Å². The van der Waals surface area contributed by atoms with Crippen LogP contribution in [0.3, 0.4) is 0 Å². The summed E-state index contributed by atoms with van der Waals surface area (Å²) >= 11 is 0. The first-order valence-electron chi connectivity index (χ1n) is 4.78. The van der Waals surface area contributed by atoms with E-state index in [-0.39, 0.29) is 11.5 Å². The molecule has 2 N–H and O–H groups in total. The molecule has 1 atom stereocenters. The molecule has 2 nitrogen and oxygen atoms in total. The summed E-state index contributed by atoms with van der Waals surface area (Å²) in [4.78, 5) is 0. The summed E-state index contributed by atoms with van der Waals surface area (Å²) in [6.07, 6.45) is 2.75. The van der Waals surface area contributed by atoms with Gasteiger partial charge in [0.05, 0.1) is 12.3 Å². The standard InChI is InChI=1S/C11H19NO/c1-5-11(3,4)10(12)9-8(2)6-7-13-9/h6-7,10H,5,12H2,1-4H3/t10-/m0/s1. The molecule has 1 heterocycles. The van der Waals surface area contributed by atoms with Crippen LogP contribution in [0.15, 0.2) is 16.7 Å². The molecule has 13 heavy (non-hydrogen) atoms. The SMILES string of the molecule is CCC(C)(C)[C@@H](N)c1occc1C. The number of aryl methyl sites for hydroxylation is 1. The minimum absolute atomic E-state index is 0.00694. The van der Waals surface area contributed by atoms with E-state index >= 15 is 0 Å². The second-order valence-electron chi connectivity index (χ2n) is 4.29. The zero-order valence-electron chi connectivity index (χ0n) is 8.92. The lowest BCUT2D eigenvalue weighted by atomic mass is 9.80. The predicted octanol–water partition coefficient (Wildman–Crippen LogP) is 3.02. The van der Waals surface area contributed by atoms with Gasteiger partial charge in [-0.05, 0) is 30.4 Å². The van der Waals surface area contributed by atoms with E-state index in [1.807, 2.05) is 13.0 Å². The van der Waals surface area contributed by atoms with Gasteiger partial charge in [-0.25, -0.2) is 0 Å². The number of nitrogens with two attached hydrogens (primary N) is 1. The molecule has 0 fully saturated rings. The Hall–Kier alpha value is -0.760. The van der Waals surface area contributed by atoms with Gasteiger partial charge in [0.25, 0.3) is 0 Å². The molecule has 0 aliphatic carbocycles. The number of furan rings is 1. The zero-order valence-corrected chi connectivity index (χ0v) is 8.92. The molecule has 0 saturated carbocycles. The first kappa shape index (κ1) is 10.3. The van der Waals surface area contributed by atoms with Crippen molar-refractivity contribution in [1.82, 2.24) is 0 Å². The lowest BCUT2D eigenvalue weighted by Gasteiger charge is -2.29. The maximum atomic E-state index is 6.13. The van der Waals surface area contributed by atoms with Gasteiger partial charge in [0.1, 0.15) is 5.76 Å². The van der Waals surface area contributed by atoms with E-state index in [2.05, 4.69) is 20.8 Å². The molecule has 0 unspecified atom stereocenters. The van der Waals surface area contributed by atoms with Crippen molar-refractivity contribution in [3.05, 3.63) is 23.7 Å². The first-order chi connectivity index (χ1) is 5.99. The highest BCUT2D eigenvalue weighted by atomic mass is 16.3. The van der Waals surface area contributed by atoms with Gasteiger partial charge in [-0.1, -0.05) is 20.8 Å².